The number of rotatable bonds is 4. The van der Waals surface area contributed by atoms with E-state index >= 15 is 0 Å². The van der Waals surface area contributed by atoms with E-state index in [0.717, 1.165) is 29.4 Å². The molecule has 1 aliphatic rings. The summed E-state index contributed by atoms with van der Waals surface area (Å²) >= 11 is 1.63. The van der Waals surface area contributed by atoms with Crippen LogP contribution in [0, 0.1) is 0 Å². The highest BCUT2D eigenvalue weighted by Crippen LogP contribution is 2.28. The molecule has 1 aromatic heterocycles. The van der Waals surface area contributed by atoms with Crippen LogP contribution in [0.3, 0.4) is 0 Å². The standard InChI is InChI=1S/C16H16N2OS/c19-16(9-12-20-15-7-3-4-10-17-15)18-11-8-13-5-1-2-6-14(13)18/h1-7,10H,8-9,11-12H2. The van der Waals surface area contributed by atoms with Gasteiger partial charge in [-0.05, 0) is 30.2 Å². The SMILES string of the molecule is O=C(CCSc1ccccn1)N1CCc2ccccc21. The molecule has 0 unspecified atom stereocenters. The van der Waals surface area contributed by atoms with E-state index in [9.17, 15) is 4.79 Å². The van der Waals surface area contributed by atoms with Gasteiger partial charge in [0.1, 0.15) is 0 Å². The van der Waals surface area contributed by atoms with Crippen molar-refractivity contribution in [1.82, 2.24) is 4.98 Å². The molecule has 0 saturated heterocycles. The molecule has 2 aromatic rings. The first-order valence-corrected chi connectivity index (χ1v) is 7.75. The molecule has 0 spiro atoms. The highest BCUT2D eigenvalue weighted by atomic mass is 32.2. The van der Waals surface area contributed by atoms with E-state index < -0.39 is 0 Å². The predicted molar refractivity (Wildman–Crippen MR) is 82.1 cm³/mol. The molecule has 4 heteroatoms. The normalized spacial score (nSPS) is 13.3. The third kappa shape index (κ3) is 2.85. The largest absolute Gasteiger partial charge is 0.312 e. The molecule has 0 atom stereocenters. The summed E-state index contributed by atoms with van der Waals surface area (Å²) in [5.74, 6) is 0.979. The van der Waals surface area contributed by atoms with Crippen molar-refractivity contribution in [3.63, 3.8) is 0 Å². The highest BCUT2D eigenvalue weighted by molar-refractivity contribution is 7.99. The Morgan fingerprint density at radius 3 is 2.90 bits per heavy atom. The van der Waals surface area contributed by atoms with Gasteiger partial charge in [0.05, 0.1) is 5.03 Å². The number of nitrogens with zero attached hydrogens (tertiary/aromatic N) is 2. The summed E-state index contributed by atoms with van der Waals surface area (Å²) in [4.78, 5) is 18.4. The second kappa shape index (κ2) is 6.09. The van der Waals surface area contributed by atoms with E-state index in [1.165, 1.54) is 5.56 Å². The van der Waals surface area contributed by atoms with Crippen molar-refractivity contribution >= 4 is 23.4 Å². The summed E-state index contributed by atoms with van der Waals surface area (Å²) < 4.78 is 0. The van der Waals surface area contributed by atoms with E-state index in [1.807, 2.05) is 41.3 Å². The van der Waals surface area contributed by atoms with E-state index in [-0.39, 0.29) is 5.91 Å². The van der Waals surface area contributed by atoms with Crippen molar-refractivity contribution in [1.29, 1.82) is 0 Å². The molecule has 1 aromatic carbocycles. The first kappa shape index (κ1) is 13.2. The van der Waals surface area contributed by atoms with Gasteiger partial charge in [-0.25, -0.2) is 4.98 Å². The average molecular weight is 284 g/mol. The number of benzene rings is 1. The molecule has 1 amide bonds. The van der Waals surface area contributed by atoms with Crippen LogP contribution in [0.15, 0.2) is 53.7 Å². The number of thioether (sulfide) groups is 1. The zero-order valence-corrected chi connectivity index (χ0v) is 12.0. The van der Waals surface area contributed by atoms with E-state index in [2.05, 4.69) is 11.1 Å². The van der Waals surface area contributed by atoms with Crippen LogP contribution in [-0.4, -0.2) is 23.2 Å². The number of carbonyl (C=O) groups excluding carboxylic acids is 1. The quantitative estimate of drug-likeness (QED) is 0.809. The van der Waals surface area contributed by atoms with Gasteiger partial charge in [0, 0.05) is 30.6 Å². The number of hydrogen-bond donors (Lipinski definition) is 0. The number of fused-ring (bicyclic) bond motifs is 1. The van der Waals surface area contributed by atoms with E-state index in [1.54, 1.807) is 18.0 Å². The number of anilines is 1. The van der Waals surface area contributed by atoms with Gasteiger partial charge >= 0.3 is 0 Å². The fourth-order valence-electron chi connectivity index (χ4n) is 2.41. The van der Waals surface area contributed by atoms with Gasteiger partial charge in [0.15, 0.2) is 0 Å². The second-order valence-electron chi connectivity index (χ2n) is 4.69. The Bertz CT molecular complexity index is 600. The minimum atomic E-state index is 0.207. The third-order valence-corrected chi connectivity index (χ3v) is 4.34. The first-order valence-electron chi connectivity index (χ1n) is 6.77. The third-order valence-electron chi connectivity index (χ3n) is 3.39. The number of para-hydroxylation sites is 1. The zero-order chi connectivity index (χ0) is 13.8. The van der Waals surface area contributed by atoms with Gasteiger partial charge in [0.25, 0.3) is 0 Å². The van der Waals surface area contributed by atoms with Crippen molar-refractivity contribution in [2.45, 2.75) is 17.9 Å². The van der Waals surface area contributed by atoms with Gasteiger partial charge in [-0.2, -0.15) is 0 Å². The van der Waals surface area contributed by atoms with Crippen molar-refractivity contribution < 1.29 is 4.79 Å². The van der Waals surface area contributed by atoms with Crippen molar-refractivity contribution in [3.05, 3.63) is 54.2 Å². The van der Waals surface area contributed by atoms with Crippen LogP contribution in [0.4, 0.5) is 5.69 Å². The Labute approximate surface area is 123 Å². The van der Waals surface area contributed by atoms with Gasteiger partial charge in [-0.15, -0.1) is 11.8 Å². The van der Waals surface area contributed by atoms with Gasteiger partial charge in [-0.3, -0.25) is 4.79 Å². The van der Waals surface area contributed by atoms with Gasteiger partial charge in [-0.1, -0.05) is 24.3 Å². The Kier molecular flexibility index (Phi) is 4.02. The molecule has 0 saturated carbocycles. The van der Waals surface area contributed by atoms with Crippen LogP contribution >= 0.6 is 11.8 Å². The Hall–Kier alpha value is -1.81. The molecular weight excluding hydrogens is 268 g/mol. The first-order chi connectivity index (χ1) is 9.84. The number of hydrogen-bond acceptors (Lipinski definition) is 3. The van der Waals surface area contributed by atoms with E-state index in [4.69, 9.17) is 0 Å². The Morgan fingerprint density at radius 2 is 2.05 bits per heavy atom. The minimum absolute atomic E-state index is 0.207. The number of aromatic nitrogens is 1. The maximum Gasteiger partial charge on any atom is 0.227 e. The molecule has 3 rings (SSSR count). The smallest absolute Gasteiger partial charge is 0.227 e. The monoisotopic (exact) mass is 284 g/mol. The molecule has 0 aliphatic carbocycles. The van der Waals surface area contributed by atoms with Gasteiger partial charge < -0.3 is 4.90 Å². The summed E-state index contributed by atoms with van der Waals surface area (Å²) in [5, 5.41) is 0.974. The molecule has 3 nitrogen and oxygen atoms in total. The molecule has 2 heterocycles. The molecule has 0 fully saturated rings. The summed E-state index contributed by atoms with van der Waals surface area (Å²) in [7, 11) is 0. The van der Waals surface area contributed by atoms with Crippen LogP contribution in [0.1, 0.15) is 12.0 Å². The lowest BCUT2D eigenvalue weighted by atomic mass is 10.2. The minimum Gasteiger partial charge on any atom is -0.312 e. The van der Waals surface area contributed by atoms with Crippen LogP contribution in [0.5, 0.6) is 0 Å². The fraction of sp³-hybridized carbons (Fsp3) is 0.250. The lowest BCUT2D eigenvalue weighted by molar-refractivity contribution is -0.118. The van der Waals surface area contributed by atoms with Crippen LogP contribution in [0.25, 0.3) is 0 Å². The summed E-state index contributed by atoms with van der Waals surface area (Å²) in [6.45, 7) is 0.812. The fourth-order valence-corrected chi connectivity index (χ4v) is 3.20. The molecule has 0 radical (unpaired) electrons. The highest BCUT2D eigenvalue weighted by Gasteiger charge is 2.23. The van der Waals surface area contributed by atoms with E-state index in [0.29, 0.717) is 6.42 Å². The maximum atomic E-state index is 12.3. The van der Waals surface area contributed by atoms with Crippen molar-refractivity contribution in [2.75, 3.05) is 17.2 Å². The summed E-state index contributed by atoms with van der Waals surface area (Å²) in [5.41, 5.74) is 2.36. The summed E-state index contributed by atoms with van der Waals surface area (Å²) in [6, 6.07) is 14.0. The number of carbonyl (C=O) groups is 1. The second-order valence-corrected chi connectivity index (χ2v) is 5.81. The average Bonchev–Trinajstić information content (AvgIpc) is 2.92. The number of pyridine rings is 1. The molecule has 20 heavy (non-hydrogen) atoms. The van der Waals surface area contributed by atoms with Crippen LogP contribution in [-0.2, 0) is 11.2 Å². The zero-order valence-electron chi connectivity index (χ0n) is 11.2. The molecule has 102 valence electrons. The Morgan fingerprint density at radius 1 is 1.20 bits per heavy atom. The lowest BCUT2D eigenvalue weighted by Crippen LogP contribution is -2.29. The molecule has 0 N–H and O–H groups in total. The number of amides is 1. The van der Waals surface area contributed by atoms with Crippen LogP contribution in [0.2, 0.25) is 0 Å². The lowest BCUT2D eigenvalue weighted by Gasteiger charge is -2.17. The van der Waals surface area contributed by atoms with Gasteiger partial charge in [0.2, 0.25) is 5.91 Å². The molecule has 0 bridgehead atoms. The maximum absolute atomic E-state index is 12.3. The Balaban J connectivity index is 1.56. The molecular formula is C16H16N2OS. The van der Waals surface area contributed by atoms with Crippen molar-refractivity contribution in [3.8, 4) is 0 Å². The topological polar surface area (TPSA) is 33.2 Å². The van der Waals surface area contributed by atoms with Crippen molar-refractivity contribution in [2.24, 2.45) is 0 Å². The predicted octanol–water partition coefficient (Wildman–Crippen LogP) is 3.15. The van der Waals surface area contributed by atoms with Crippen LogP contribution < -0.4 is 4.90 Å². The molecule has 1 aliphatic heterocycles. The summed E-state index contributed by atoms with van der Waals surface area (Å²) in [6.07, 6.45) is 3.30.